The molecule has 1 rings (SSSR count). The molecule has 1 aliphatic rings. The summed E-state index contributed by atoms with van der Waals surface area (Å²) in [7, 11) is 5.42. The van der Waals surface area contributed by atoms with Crippen molar-refractivity contribution in [1.82, 2.24) is 0 Å². The monoisotopic (exact) mass is 447 g/mol. The van der Waals surface area contributed by atoms with E-state index in [1.54, 1.807) is 21.1 Å². The van der Waals surface area contributed by atoms with E-state index in [0.29, 0.717) is 0 Å². The molecule has 3 nitrogen and oxygen atoms in total. The average molecular weight is 446 g/mol. The first-order chi connectivity index (χ1) is 9.17. The van der Waals surface area contributed by atoms with Crippen LogP contribution in [0, 0.1) is 6.08 Å². The normalized spacial score (nSPS) is 10.7. The first-order valence-electron chi connectivity index (χ1n) is 7.11. The van der Waals surface area contributed by atoms with E-state index < -0.39 is 0 Å². The third kappa shape index (κ3) is 36.2. The van der Waals surface area contributed by atoms with E-state index in [1.165, 1.54) is 5.57 Å². The molecule has 0 fully saturated rings. The Labute approximate surface area is 146 Å². The zero-order valence-electron chi connectivity index (χ0n) is 14.5. The summed E-state index contributed by atoms with van der Waals surface area (Å²) in [5.74, 6) is 0. The Balaban J connectivity index is -0.0000000881. The summed E-state index contributed by atoms with van der Waals surface area (Å²) in [4.78, 5) is 0. The van der Waals surface area contributed by atoms with Gasteiger partial charge in [-0.25, -0.2) is 11.6 Å². The molecule has 0 spiro atoms. The van der Waals surface area contributed by atoms with Crippen LogP contribution >= 0.6 is 0 Å². The average Bonchev–Trinajstić information content (AvgIpc) is 3.01. The van der Waals surface area contributed by atoms with Crippen molar-refractivity contribution in [2.45, 2.75) is 40.5 Å². The Kier molecular flexibility index (Phi) is 44.8. The van der Waals surface area contributed by atoms with Crippen LogP contribution in [-0.4, -0.2) is 40.8 Å². The molecule has 0 atom stereocenters. The van der Waals surface area contributed by atoms with E-state index in [4.69, 9.17) is 0 Å². The summed E-state index contributed by atoms with van der Waals surface area (Å²) in [6.07, 6.45) is 9.65. The van der Waals surface area contributed by atoms with Gasteiger partial charge in [0.05, 0.1) is 0 Å². The predicted octanol–water partition coefficient (Wildman–Crippen LogP) is 5.11. The number of hydrogen-bond acceptors (Lipinski definition) is 0. The molecule has 0 aromatic carbocycles. The second-order valence-electron chi connectivity index (χ2n) is 3.56. The first kappa shape index (κ1) is 28.4. The molecule has 116 valence electrons. The first-order valence-corrected chi connectivity index (χ1v) is 7.11. The molecule has 20 heavy (non-hydrogen) atoms. The van der Waals surface area contributed by atoms with Gasteiger partial charge < -0.3 is 16.0 Å². The van der Waals surface area contributed by atoms with Gasteiger partial charge in [0, 0.05) is 0 Å². The fourth-order valence-corrected chi connectivity index (χ4v) is 0.693. The largest absolute Gasteiger partial charge is 4.00 e. The Bertz CT molecular complexity index is 177. The minimum atomic E-state index is 0. The van der Waals surface area contributed by atoms with Crippen molar-refractivity contribution in [3.63, 3.8) is 0 Å². The van der Waals surface area contributed by atoms with Crippen molar-refractivity contribution in [2.75, 3.05) is 40.8 Å². The summed E-state index contributed by atoms with van der Waals surface area (Å²) in [6, 6.07) is 0. The van der Waals surface area contributed by atoms with Crippen LogP contribution in [0.5, 0.6) is 0 Å². The summed E-state index contributed by atoms with van der Waals surface area (Å²) >= 11 is 0. The number of rotatable bonds is 4. The molecule has 0 unspecified atom stereocenters. The van der Waals surface area contributed by atoms with Crippen molar-refractivity contribution in [3.8, 4) is 0 Å². The van der Waals surface area contributed by atoms with Gasteiger partial charge in [-0.3, -0.25) is 6.08 Å². The van der Waals surface area contributed by atoms with Crippen molar-refractivity contribution >= 4 is 0 Å². The van der Waals surface area contributed by atoms with Crippen molar-refractivity contribution < 1.29 is 25.8 Å². The maximum atomic E-state index is 3.74. The van der Waals surface area contributed by atoms with E-state index in [1.807, 2.05) is 20.8 Å². The molecule has 0 aromatic heterocycles. The molecular formula is C16H33HfN3. The summed E-state index contributed by atoms with van der Waals surface area (Å²) in [5.41, 5.74) is 1.36. The fraction of sp³-hybridized carbons (Fsp3) is 0.750. The molecule has 0 N–H and O–H groups in total. The van der Waals surface area contributed by atoms with Crippen molar-refractivity contribution in [3.05, 3.63) is 39.8 Å². The predicted molar refractivity (Wildman–Crippen MR) is 90.3 cm³/mol. The molecule has 0 aliphatic heterocycles. The Hall–Kier alpha value is 0.230. The number of hydrogen-bond donors (Lipinski definition) is 0. The van der Waals surface area contributed by atoms with Gasteiger partial charge in [0.25, 0.3) is 0 Å². The molecule has 0 radical (unpaired) electrons. The van der Waals surface area contributed by atoms with E-state index in [2.05, 4.69) is 41.1 Å². The van der Waals surface area contributed by atoms with Crippen LogP contribution in [0.4, 0.5) is 0 Å². The second-order valence-corrected chi connectivity index (χ2v) is 3.56. The van der Waals surface area contributed by atoms with E-state index in [9.17, 15) is 0 Å². The van der Waals surface area contributed by atoms with Crippen LogP contribution in [-0.2, 0) is 25.8 Å². The maximum absolute atomic E-state index is 3.74. The molecule has 0 bridgehead atoms. The van der Waals surface area contributed by atoms with Crippen LogP contribution < -0.4 is 0 Å². The number of allylic oxidation sites excluding steroid dienone is 4. The van der Waals surface area contributed by atoms with Gasteiger partial charge in [-0.15, -0.1) is 6.42 Å². The second kappa shape index (κ2) is 31.6. The molecular weight excluding hydrogens is 413 g/mol. The Morgan fingerprint density at radius 2 is 1.25 bits per heavy atom. The summed E-state index contributed by atoms with van der Waals surface area (Å²) < 4.78 is 0. The number of nitrogens with zero attached hydrogens (tertiary/aromatic N) is 3. The summed E-state index contributed by atoms with van der Waals surface area (Å²) in [5, 5.41) is 11.2. The summed E-state index contributed by atoms with van der Waals surface area (Å²) in [6.45, 7) is 11.0. The van der Waals surface area contributed by atoms with Crippen LogP contribution in [0.3, 0.4) is 0 Å². The Morgan fingerprint density at radius 1 is 0.900 bits per heavy atom. The molecule has 0 amide bonds. The fourth-order valence-electron chi connectivity index (χ4n) is 0.693. The van der Waals surface area contributed by atoms with Crippen LogP contribution in [0.25, 0.3) is 16.0 Å². The van der Waals surface area contributed by atoms with Gasteiger partial charge in [0.2, 0.25) is 0 Å². The standard InChI is InChI=1S/C7H9.3C3H8N.Hf/c1-2-7-5-3-4-6-7;3*1-3-4-2;/h3,5H,2,4H2,1H3;3*3H2,1-2H3;/q4*-1;+4. The third-order valence-corrected chi connectivity index (χ3v) is 2.10. The van der Waals surface area contributed by atoms with Crippen LogP contribution in [0.2, 0.25) is 0 Å². The van der Waals surface area contributed by atoms with Crippen LogP contribution in [0.15, 0.2) is 17.7 Å². The van der Waals surface area contributed by atoms with E-state index in [-0.39, 0.29) is 25.8 Å². The van der Waals surface area contributed by atoms with Crippen molar-refractivity contribution in [1.29, 1.82) is 0 Å². The van der Waals surface area contributed by atoms with Crippen LogP contribution in [0.1, 0.15) is 40.5 Å². The van der Waals surface area contributed by atoms with Gasteiger partial charge in [0.1, 0.15) is 0 Å². The minimum absolute atomic E-state index is 0. The van der Waals surface area contributed by atoms with E-state index >= 15 is 0 Å². The quantitative estimate of drug-likeness (QED) is 0.426. The molecule has 4 heteroatoms. The SMILES string of the molecule is CCC1=[C-]CC=C1.CC[N-]C.CC[N-]C.CC[N-]C.[Hf+4]. The van der Waals surface area contributed by atoms with Gasteiger partial charge >= 0.3 is 25.8 Å². The minimum Gasteiger partial charge on any atom is -0.665 e. The topological polar surface area (TPSA) is 42.3 Å². The van der Waals surface area contributed by atoms with Gasteiger partial charge in [-0.2, -0.15) is 46.9 Å². The van der Waals surface area contributed by atoms with Crippen molar-refractivity contribution in [2.24, 2.45) is 0 Å². The van der Waals surface area contributed by atoms with Gasteiger partial charge in [-0.05, 0) is 0 Å². The van der Waals surface area contributed by atoms with Gasteiger partial charge in [-0.1, -0.05) is 34.1 Å². The zero-order valence-corrected chi connectivity index (χ0v) is 18.1. The molecule has 0 saturated carbocycles. The third-order valence-electron chi connectivity index (χ3n) is 2.10. The smallest absolute Gasteiger partial charge is 0.665 e. The maximum Gasteiger partial charge on any atom is 4.00 e. The zero-order chi connectivity index (χ0) is 15.4. The van der Waals surface area contributed by atoms with Gasteiger partial charge in [0.15, 0.2) is 0 Å². The Morgan fingerprint density at radius 3 is 1.35 bits per heavy atom. The van der Waals surface area contributed by atoms with E-state index in [0.717, 1.165) is 32.5 Å². The molecule has 0 saturated heterocycles. The molecule has 1 aliphatic carbocycles. The molecule has 0 aromatic rings. The molecule has 0 heterocycles.